The van der Waals surface area contributed by atoms with E-state index in [0.29, 0.717) is 13.2 Å². The number of fused-ring (bicyclic) bond motifs is 1. The molecule has 0 saturated carbocycles. The monoisotopic (exact) mass is 413 g/mol. The largest absolute Gasteiger partial charge is 0.383 e. The van der Waals surface area contributed by atoms with Crippen LogP contribution in [0.3, 0.4) is 0 Å². The van der Waals surface area contributed by atoms with Crippen molar-refractivity contribution < 1.29 is 9.53 Å². The van der Waals surface area contributed by atoms with Crippen molar-refractivity contribution in [2.24, 2.45) is 0 Å². The van der Waals surface area contributed by atoms with Crippen molar-refractivity contribution in [3.63, 3.8) is 0 Å². The number of nitrogens with one attached hydrogen (secondary N) is 1. The van der Waals surface area contributed by atoms with Crippen molar-refractivity contribution >= 4 is 28.0 Å². The van der Waals surface area contributed by atoms with E-state index in [1.54, 1.807) is 7.11 Å². The second-order valence-electron chi connectivity index (χ2n) is 7.32. The highest BCUT2D eigenvalue weighted by atomic mass is 32.1. The first-order valence-electron chi connectivity index (χ1n) is 9.88. The second kappa shape index (κ2) is 8.52. The Bertz CT molecular complexity index is 990. The third kappa shape index (κ3) is 3.88. The molecule has 2 aromatic heterocycles. The summed E-state index contributed by atoms with van der Waals surface area (Å²) in [6.45, 7) is 6.63. The molecule has 1 saturated heterocycles. The molecule has 4 rings (SSSR count). The SMILES string of the molecule is COCCNc1c(-c2ccccc2)nc2sc(C(=O)N3CCN(C)CC3)c(C)n12. The van der Waals surface area contributed by atoms with Gasteiger partial charge in [0.1, 0.15) is 16.4 Å². The quantitative estimate of drug-likeness (QED) is 0.630. The van der Waals surface area contributed by atoms with Crippen LogP contribution in [0.25, 0.3) is 16.2 Å². The van der Waals surface area contributed by atoms with Crippen LogP contribution in [0.5, 0.6) is 0 Å². The van der Waals surface area contributed by atoms with Gasteiger partial charge in [-0.2, -0.15) is 0 Å². The lowest BCUT2D eigenvalue weighted by Gasteiger charge is -2.32. The van der Waals surface area contributed by atoms with E-state index in [1.165, 1.54) is 11.3 Å². The highest BCUT2D eigenvalue weighted by molar-refractivity contribution is 7.19. The summed E-state index contributed by atoms with van der Waals surface area (Å²) in [6, 6.07) is 10.1. The van der Waals surface area contributed by atoms with Crippen LogP contribution >= 0.6 is 11.3 Å². The molecular weight excluding hydrogens is 386 g/mol. The summed E-state index contributed by atoms with van der Waals surface area (Å²) in [7, 11) is 3.78. The Morgan fingerprint density at radius 3 is 2.62 bits per heavy atom. The number of carbonyl (C=O) groups is 1. The Hall–Kier alpha value is -2.42. The Morgan fingerprint density at radius 2 is 1.93 bits per heavy atom. The topological polar surface area (TPSA) is 62.1 Å². The third-order valence-corrected chi connectivity index (χ3v) is 6.47. The lowest BCUT2D eigenvalue weighted by Crippen LogP contribution is -2.47. The van der Waals surface area contributed by atoms with Gasteiger partial charge in [-0.25, -0.2) is 4.98 Å². The lowest BCUT2D eigenvalue weighted by atomic mass is 10.1. The molecule has 29 heavy (non-hydrogen) atoms. The number of ether oxygens (including phenoxy) is 1. The highest BCUT2D eigenvalue weighted by Gasteiger charge is 2.27. The van der Waals surface area contributed by atoms with Gasteiger partial charge >= 0.3 is 0 Å². The fourth-order valence-electron chi connectivity index (χ4n) is 3.63. The zero-order valence-electron chi connectivity index (χ0n) is 17.1. The van der Waals surface area contributed by atoms with E-state index in [2.05, 4.69) is 33.8 Å². The van der Waals surface area contributed by atoms with Gasteiger partial charge in [0, 0.05) is 51.1 Å². The van der Waals surface area contributed by atoms with Crippen LogP contribution in [0.4, 0.5) is 5.82 Å². The highest BCUT2D eigenvalue weighted by Crippen LogP contribution is 2.35. The van der Waals surface area contributed by atoms with E-state index in [9.17, 15) is 4.79 Å². The average molecular weight is 414 g/mol. The molecule has 0 spiro atoms. The molecule has 1 amide bonds. The first-order valence-corrected chi connectivity index (χ1v) is 10.7. The predicted octanol–water partition coefficient (Wildman–Crippen LogP) is 2.82. The van der Waals surface area contributed by atoms with Crippen LogP contribution in [0.1, 0.15) is 15.4 Å². The van der Waals surface area contributed by atoms with Crippen LogP contribution < -0.4 is 5.32 Å². The van der Waals surface area contributed by atoms with Crippen LogP contribution in [0.2, 0.25) is 0 Å². The fourth-order valence-corrected chi connectivity index (χ4v) is 4.72. The third-order valence-electron chi connectivity index (χ3n) is 5.33. The zero-order chi connectivity index (χ0) is 20.4. The minimum absolute atomic E-state index is 0.107. The summed E-state index contributed by atoms with van der Waals surface area (Å²) in [5, 5.41) is 3.46. The van der Waals surface area contributed by atoms with E-state index in [1.807, 2.05) is 30.0 Å². The number of thiazole rings is 1. The minimum atomic E-state index is 0.107. The van der Waals surface area contributed by atoms with Crippen LogP contribution in [0, 0.1) is 6.92 Å². The van der Waals surface area contributed by atoms with Crippen molar-refractivity contribution in [3.05, 3.63) is 40.9 Å². The number of likely N-dealkylation sites (N-methyl/N-ethyl adjacent to an activating group) is 1. The Labute approximate surface area is 174 Å². The summed E-state index contributed by atoms with van der Waals surface area (Å²) in [6.07, 6.45) is 0. The number of carbonyl (C=O) groups excluding carboxylic acids is 1. The van der Waals surface area contributed by atoms with E-state index >= 15 is 0 Å². The maximum Gasteiger partial charge on any atom is 0.265 e. The first kappa shape index (κ1) is 19.9. The average Bonchev–Trinajstić information content (AvgIpc) is 3.26. The number of aromatic nitrogens is 2. The number of amides is 1. The van der Waals surface area contributed by atoms with Gasteiger partial charge in [0.2, 0.25) is 0 Å². The molecule has 1 aliphatic heterocycles. The Balaban J connectivity index is 1.72. The summed E-state index contributed by atoms with van der Waals surface area (Å²) in [4.78, 5) is 23.8. The van der Waals surface area contributed by atoms with Gasteiger partial charge in [-0.05, 0) is 14.0 Å². The van der Waals surface area contributed by atoms with Gasteiger partial charge in [0.05, 0.1) is 6.61 Å². The number of methoxy groups -OCH3 is 1. The molecule has 0 radical (unpaired) electrons. The molecule has 1 N–H and O–H groups in total. The number of anilines is 1. The molecule has 0 bridgehead atoms. The van der Waals surface area contributed by atoms with E-state index in [0.717, 1.165) is 58.8 Å². The van der Waals surface area contributed by atoms with Crippen LogP contribution in [0.15, 0.2) is 30.3 Å². The van der Waals surface area contributed by atoms with E-state index < -0.39 is 0 Å². The lowest BCUT2D eigenvalue weighted by molar-refractivity contribution is 0.0668. The van der Waals surface area contributed by atoms with Gasteiger partial charge in [0.25, 0.3) is 5.91 Å². The summed E-state index contributed by atoms with van der Waals surface area (Å²) in [5.41, 5.74) is 2.88. The van der Waals surface area contributed by atoms with Crippen LogP contribution in [-0.4, -0.2) is 78.6 Å². The van der Waals surface area contributed by atoms with Crippen molar-refractivity contribution in [2.75, 3.05) is 58.8 Å². The molecule has 154 valence electrons. The molecular formula is C21H27N5O2S. The first-order chi connectivity index (χ1) is 14.1. The van der Waals surface area contributed by atoms with Crippen molar-refractivity contribution in [3.8, 4) is 11.3 Å². The summed E-state index contributed by atoms with van der Waals surface area (Å²) < 4.78 is 7.28. The molecule has 8 heteroatoms. The number of hydrogen-bond donors (Lipinski definition) is 1. The predicted molar refractivity (Wildman–Crippen MR) is 117 cm³/mol. The number of piperazine rings is 1. The zero-order valence-corrected chi connectivity index (χ0v) is 18.0. The second-order valence-corrected chi connectivity index (χ2v) is 8.30. The summed E-state index contributed by atoms with van der Waals surface area (Å²) >= 11 is 1.47. The number of rotatable bonds is 6. The number of nitrogens with zero attached hydrogens (tertiary/aromatic N) is 4. The van der Waals surface area contributed by atoms with E-state index in [4.69, 9.17) is 9.72 Å². The standard InChI is InChI=1S/C21H27N5O2S/c1-15-18(20(27)25-12-10-24(2)11-13-25)29-21-23-17(16-7-5-4-6-8-16)19(26(15)21)22-9-14-28-3/h4-8,22H,9-14H2,1-3H3. The Morgan fingerprint density at radius 1 is 1.21 bits per heavy atom. The van der Waals surface area contributed by atoms with E-state index in [-0.39, 0.29) is 5.91 Å². The molecule has 7 nitrogen and oxygen atoms in total. The molecule has 1 aliphatic rings. The minimum Gasteiger partial charge on any atom is -0.383 e. The molecule has 0 aliphatic carbocycles. The normalized spacial score (nSPS) is 15.2. The Kier molecular flexibility index (Phi) is 5.84. The summed E-state index contributed by atoms with van der Waals surface area (Å²) in [5.74, 6) is 1.02. The maximum absolute atomic E-state index is 13.2. The van der Waals surface area contributed by atoms with Gasteiger partial charge in [-0.3, -0.25) is 9.20 Å². The molecule has 1 aromatic carbocycles. The van der Waals surface area contributed by atoms with Crippen molar-refractivity contribution in [1.29, 1.82) is 0 Å². The van der Waals surface area contributed by atoms with Crippen molar-refractivity contribution in [1.82, 2.24) is 19.2 Å². The molecule has 3 aromatic rings. The van der Waals surface area contributed by atoms with Gasteiger partial charge in [-0.1, -0.05) is 41.7 Å². The molecule has 0 atom stereocenters. The molecule has 1 fully saturated rings. The van der Waals surface area contributed by atoms with Crippen LogP contribution in [-0.2, 0) is 4.74 Å². The smallest absolute Gasteiger partial charge is 0.265 e. The van der Waals surface area contributed by atoms with Crippen molar-refractivity contribution in [2.45, 2.75) is 6.92 Å². The molecule has 3 heterocycles. The number of aryl methyl sites for hydroxylation is 1. The molecule has 0 unspecified atom stereocenters. The number of hydrogen-bond acceptors (Lipinski definition) is 6. The van der Waals surface area contributed by atoms with Gasteiger partial charge in [0.15, 0.2) is 4.96 Å². The fraction of sp³-hybridized carbons (Fsp3) is 0.429. The maximum atomic E-state index is 13.2. The number of imidazole rings is 1. The number of benzene rings is 1. The van der Waals surface area contributed by atoms with Gasteiger partial charge < -0.3 is 19.9 Å². The van der Waals surface area contributed by atoms with Gasteiger partial charge in [-0.15, -0.1) is 0 Å².